The smallest absolute Gasteiger partial charge is 0.387 e. The zero-order valence-corrected chi connectivity index (χ0v) is 17.9. The number of carbonyl (C=O) groups excluding carboxylic acids is 2. The summed E-state index contributed by atoms with van der Waals surface area (Å²) in [4.78, 5) is 28.2. The van der Waals surface area contributed by atoms with Gasteiger partial charge in [-0.1, -0.05) is 43.2 Å². The standard InChI is InChI=1S/C25H28F2N2O3/c26-25(27)32-19-11-9-17(10-12-19)13-15-28-23(30)20-6-2-3-7-21(20)24(31)29-16-14-18-5-1-4-8-22(18)29/h1,4-5,8-12,20-21,25H,2-3,6-7,13-16H2,(H,28,30). The van der Waals surface area contributed by atoms with E-state index in [0.29, 0.717) is 19.5 Å². The maximum absolute atomic E-state index is 13.4. The molecule has 2 aromatic rings. The summed E-state index contributed by atoms with van der Waals surface area (Å²) in [5, 5.41) is 2.98. The Morgan fingerprint density at radius 2 is 1.75 bits per heavy atom. The van der Waals surface area contributed by atoms with Gasteiger partial charge in [-0.15, -0.1) is 0 Å². The van der Waals surface area contributed by atoms with Crippen LogP contribution in [0.5, 0.6) is 5.75 Å². The van der Waals surface area contributed by atoms with Crippen LogP contribution in [0, 0.1) is 11.8 Å². The van der Waals surface area contributed by atoms with Crippen molar-refractivity contribution in [2.75, 3.05) is 18.0 Å². The summed E-state index contributed by atoms with van der Waals surface area (Å²) in [5.74, 6) is -0.510. The number of carbonyl (C=O) groups is 2. The van der Waals surface area contributed by atoms with Crippen LogP contribution in [0.1, 0.15) is 36.8 Å². The van der Waals surface area contributed by atoms with Gasteiger partial charge in [-0.2, -0.15) is 8.78 Å². The van der Waals surface area contributed by atoms with E-state index in [1.54, 1.807) is 12.1 Å². The molecule has 0 spiro atoms. The number of hydrogen-bond acceptors (Lipinski definition) is 3. The Labute approximate surface area is 186 Å². The summed E-state index contributed by atoms with van der Waals surface area (Å²) in [6, 6.07) is 14.4. The summed E-state index contributed by atoms with van der Waals surface area (Å²) in [6.07, 6.45) is 4.80. The van der Waals surface area contributed by atoms with E-state index in [9.17, 15) is 18.4 Å². The number of ether oxygens (including phenoxy) is 1. The predicted molar refractivity (Wildman–Crippen MR) is 118 cm³/mol. The molecule has 170 valence electrons. The van der Waals surface area contributed by atoms with Crippen LogP contribution in [0.25, 0.3) is 0 Å². The molecule has 1 fully saturated rings. The third kappa shape index (κ3) is 5.09. The molecule has 1 aliphatic carbocycles. The summed E-state index contributed by atoms with van der Waals surface area (Å²) in [7, 11) is 0. The molecular formula is C25H28F2N2O3. The lowest BCUT2D eigenvalue weighted by atomic mass is 9.77. The second kappa shape index (κ2) is 10.1. The minimum Gasteiger partial charge on any atom is -0.435 e. The molecule has 1 N–H and O–H groups in total. The summed E-state index contributed by atoms with van der Waals surface area (Å²) >= 11 is 0. The van der Waals surface area contributed by atoms with E-state index >= 15 is 0 Å². The Balaban J connectivity index is 1.33. The molecule has 2 aliphatic rings. The van der Waals surface area contributed by atoms with E-state index in [2.05, 4.69) is 16.1 Å². The zero-order valence-electron chi connectivity index (χ0n) is 17.9. The molecular weight excluding hydrogens is 414 g/mol. The molecule has 0 saturated heterocycles. The molecule has 1 saturated carbocycles. The predicted octanol–water partition coefficient (Wildman–Crippen LogP) is 4.34. The Morgan fingerprint density at radius 3 is 2.50 bits per heavy atom. The molecule has 2 amide bonds. The van der Waals surface area contributed by atoms with Crippen molar-refractivity contribution < 1.29 is 23.1 Å². The van der Waals surface area contributed by atoms with Crippen molar-refractivity contribution >= 4 is 17.5 Å². The first-order valence-electron chi connectivity index (χ1n) is 11.2. The molecule has 32 heavy (non-hydrogen) atoms. The highest BCUT2D eigenvalue weighted by atomic mass is 19.3. The number of hydrogen-bond donors (Lipinski definition) is 1. The average Bonchev–Trinajstić information content (AvgIpc) is 3.23. The van der Waals surface area contributed by atoms with Gasteiger partial charge in [0.1, 0.15) is 5.75 Å². The lowest BCUT2D eigenvalue weighted by Crippen LogP contribution is -2.45. The second-order valence-electron chi connectivity index (χ2n) is 8.43. The second-order valence-corrected chi connectivity index (χ2v) is 8.43. The van der Waals surface area contributed by atoms with E-state index in [4.69, 9.17) is 0 Å². The van der Waals surface area contributed by atoms with Crippen molar-refractivity contribution in [1.82, 2.24) is 5.32 Å². The number of rotatable bonds is 7. The molecule has 7 heteroatoms. The summed E-state index contributed by atoms with van der Waals surface area (Å²) < 4.78 is 28.9. The Morgan fingerprint density at radius 1 is 1.03 bits per heavy atom. The molecule has 2 aromatic carbocycles. The Bertz CT molecular complexity index is 948. The van der Waals surface area contributed by atoms with Gasteiger partial charge >= 0.3 is 6.61 Å². The minimum atomic E-state index is -2.85. The van der Waals surface area contributed by atoms with Gasteiger partial charge in [0.25, 0.3) is 0 Å². The third-order valence-corrected chi connectivity index (χ3v) is 6.43. The van der Waals surface area contributed by atoms with Gasteiger partial charge in [-0.3, -0.25) is 9.59 Å². The fourth-order valence-corrected chi connectivity index (χ4v) is 4.81. The molecule has 1 heterocycles. The first-order chi connectivity index (χ1) is 15.5. The van der Waals surface area contributed by atoms with Gasteiger partial charge in [0.2, 0.25) is 11.8 Å². The average molecular weight is 443 g/mol. The summed E-state index contributed by atoms with van der Waals surface area (Å²) in [6.45, 7) is -1.74. The first-order valence-corrected chi connectivity index (χ1v) is 11.2. The van der Waals surface area contributed by atoms with Crippen LogP contribution in [-0.4, -0.2) is 31.5 Å². The van der Waals surface area contributed by atoms with E-state index in [-0.39, 0.29) is 29.4 Å². The quantitative estimate of drug-likeness (QED) is 0.694. The third-order valence-electron chi connectivity index (χ3n) is 6.43. The highest BCUT2D eigenvalue weighted by molar-refractivity contribution is 5.99. The molecule has 5 nitrogen and oxygen atoms in total. The van der Waals surface area contributed by atoms with E-state index in [0.717, 1.165) is 43.4 Å². The van der Waals surface area contributed by atoms with Crippen LogP contribution in [0.2, 0.25) is 0 Å². The normalized spacial score (nSPS) is 20.2. The largest absolute Gasteiger partial charge is 0.435 e. The van der Waals surface area contributed by atoms with Crippen molar-refractivity contribution in [2.24, 2.45) is 11.8 Å². The van der Waals surface area contributed by atoms with Crippen LogP contribution >= 0.6 is 0 Å². The number of amides is 2. The van der Waals surface area contributed by atoms with Crippen molar-refractivity contribution in [3.8, 4) is 5.75 Å². The first kappa shape index (κ1) is 22.2. The SMILES string of the molecule is O=C(NCCc1ccc(OC(F)F)cc1)C1CCCCC1C(=O)N1CCc2ccccc21. The molecule has 0 radical (unpaired) electrons. The number of benzene rings is 2. The van der Waals surface area contributed by atoms with Gasteiger partial charge in [0.05, 0.1) is 5.92 Å². The number of para-hydroxylation sites is 1. The van der Waals surface area contributed by atoms with Crippen molar-refractivity contribution in [3.05, 3.63) is 59.7 Å². The molecule has 4 rings (SSSR count). The lowest BCUT2D eigenvalue weighted by Gasteiger charge is -2.32. The van der Waals surface area contributed by atoms with Crippen molar-refractivity contribution in [3.63, 3.8) is 0 Å². The lowest BCUT2D eigenvalue weighted by molar-refractivity contribution is -0.135. The van der Waals surface area contributed by atoms with E-state index < -0.39 is 6.61 Å². The molecule has 2 unspecified atom stereocenters. The maximum atomic E-state index is 13.4. The number of anilines is 1. The van der Waals surface area contributed by atoms with Gasteiger partial charge in [0.15, 0.2) is 0 Å². The Kier molecular flexibility index (Phi) is 7.02. The van der Waals surface area contributed by atoms with E-state index in [1.807, 2.05) is 23.1 Å². The fourth-order valence-electron chi connectivity index (χ4n) is 4.81. The van der Waals surface area contributed by atoms with Crippen LogP contribution in [0.15, 0.2) is 48.5 Å². The highest BCUT2D eigenvalue weighted by Gasteiger charge is 2.39. The van der Waals surface area contributed by atoms with Crippen LogP contribution in [0.4, 0.5) is 14.5 Å². The van der Waals surface area contributed by atoms with Crippen molar-refractivity contribution in [2.45, 2.75) is 45.1 Å². The maximum Gasteiger partial charge on any atom is 0.387 e. The van der Waals surface area contributed by atoms with Gasteiger partial charge in [-0.25, -0.2) is 0 Å². The van der Waals surface area contributed by atoms with Crippen molar-refractivity contribution in [1.29, 1.82) is 0 Å². The zero-order chi connectivity index (χ0) is 22.5. The monoisotopic (exact) mass is 442 g/mol. The van der Waals surface area contributed by atoms with Crippen LogP contribution < -0.4 is 15.0 Å². The van der Waals surface area contributed by atoms with E-state index in [1.165, 1.54) is 17.7 Å². The number of halogens is 2. The minimum absolute atomic E-state index is 0.0596. The number of nitrogens with zero attached hydrogens (tertiary/aromatic N) is 1. The highest BCUT2D eigenvalue weighted by Crippen LogP contribution is 2.35. The topological polar surface area (TPSA) is 58.6 Å². The molecule has 2 atom stereocenters. The van der Waals surface area contributed by atoms with Crippen LogP contribution in [-0.2, 0) is 22.4 Å². The number of nitrogens with one attached hydrogen (secondary N) is 1. The number of alkyl halides is 2. The molecule has 0 aromatic heterocycles. The number of fused-ring (bicyclic) bond motifs is 1. The molecule has 0 bridgehead atoms. The molecule has 1 aliphatic heterocycles. The van der Waals surface area contributed by atoms with Gasteiger partial charge in [-0.05, 0) is 55.0 Å². The van der Waals surface area contributed by atoms with Crippen LogP contribution in [0.3, 0.4) is 0 Å². The Hall–Kier alpha value is -2.96. The fraction of sp³-hybridized carbons (Fsp3) is 0.440. The van der Waals surface area contributed by atoms with Gasteiger partial charge in [0, 0.05) is 24.7 Å². The summed E-state index contributed by atoms with van der Waals surface area (Å²) in [5.41, 5.74) is 3.07. The van der Waals surface area contributed by atoms with Gasteiger partial charge < -0.3 is 15.0 Å².